The molecule has 0 aliphatic heterocycles. The van der Waals surface area contributed by atoms with Gasteiger partial charge in [-0.05, 0) is 82.9 Å². The summed E-state index contributed by atoms with van der Waals surface area (Å²) in [5.41, 5.74) is 3.51. The Labute approximate surface area is 239 Å². The molecule has 0 spiro atoms. The second-order valence-electron chi connectivity index (χ2n) is 11.2. The minimum absolute atomic E-state index is 0.0887. The van der Waals surface area contributed by atoms with Gasteiger partial charge in [0.15, 0.2) is 0 Å². The lowest BCUT2D eigenvalue weighted by Crippen LogP contribution is -2.55. The maximum atomic E-state index is 14.2. The van der Waals surface area contributed by atoms with Crippen molar-refractivity contribution < 1.29 is 18.0 Å². The van der Waals surface area contributed by atoms with E-state index in [4.69, 9.17) is 0 Å². The van der Waals surface area contributed by atoms with Crippen LogP contribution in [0, 0.1) is 20.8 Å². The van der Waals surface area contributed by atoms with E-state index < -0.39 is 34.1 Å². The molecule has 40 heavy (non-hydrogen) atoms. The first-order chi connectivity index (χ1) is 18.7. The number of sulfonamides is 1. The van der Waals surface area contributed by atoms with Crippen LogP contribution in [0.5, 0.6) is 0 Å². The highest BCUT2D eigenvalue weighted by molar-refractivity contribution is 7.92. The summed E-state index contributed by atoms with van der Waals surface area (Å²) < 4.78 is 29.1. The van der Waals surface area contributed by atoms with E-state index in [1.54, 1.807) is 24.3 Å². The zero-order chi connectivity index (χ0) is 29.7. The van der Waals surface area contributed by atoms with Crippen molar-refractivity contribution in [2.45, 2.75) is 77.9 Å². The molecule has 0 aliphatic carbocycles. The summed E-state index contributed by atoms with van der Waals surface area (Å²) in [7, 11) is -4.10. The number of nitrogens with one attached hydrogen (secondary N) is 1. The van der Waals surface area contributed by atoms with Gasteiger partial charge < -0.3 is 10.2 Å². The Morgan fingerprint density at radius 2 is 1.50 bits per heavy atom. The summed E-state index contributed by atoms with van der Waals surface area (Å²) in [5, 5.41) is 3.00. The van der Waals surface area contributed by atoms with Crippen molar-refractivity contribution in [3.8, 4) is 0 Å². The molecule has 0 aliphatic rings. The van der Waals surface area contributed by atoms with Gasteiger partial charge in [0.2, 0.25) is 11.8 Å². The number of carbonyl (C=O) groups excluding carboxylic acids is 2. The molecule has 0 saturated heterocycles. The minimum Gasteiger partial charge on any atom is -0.350 e. The van der Waals surface area contributed by atoms with Gasteiger partial charge in [0.25, 0.3) is 10.0 Å². The highest BCUT2D eigenvalue weighted by Crippen LogP contribution is 2.28. The number of hydrogen-bond acceptors (Lipinski definition) is 4. The van der Waals surface area contributed by atoms with Gasteiger partial charge in [-0.3, -0.25) is 13.9 Å². The third-order valence-corrected chi connectivity index (χ3v) is 8.49. The van der Waals surface area contributed by atoms with Gasteiger partial charge in [0.05, 0.1) is 10.6 Å². The molecule has 3 rings (SSSR count). The van der Waals surface area contributed by atoms with Gasteiger partial charge in [-0.25, -0.2) is 8.42 Å². The summed E-state index contributed by atoms with van der Waals surface area (Å²) in [6.45, 7) is 13.0. The van der Waals surface area contributed by atoms with Crippen molar-refractivity contribution in [1.82, 2.24) is 10.2 Å². The maximum Gasteiger partial charge on any atom is 0.264 e. The molecule has 0 bridgehead atoms. The molecule has 214 valence electrons. The molecular formula is C32H41N3O4S. The minimum atomic E-state index is -4.10. The number of rotatable bonds is 10. The van der Waals surface area contributed by atoms with E-state index in [0.29, 0.717) is 12.1 Å². The van der Waals surface area contributed by atoms with Crippen LogP contribution in [0.15, 0.2) is 77.7 Å². The Morgan fingerprint density at radius 3 is 2.08 bits per heavy atom. The van der Waals surface area contributed by atoms with E-state index in [9.17, 15) is 18.0 Å². The largest absolute Gasteiger partial charge is 0.350 e. The Balaban J connectivity index is 2.11. The van der Waals surface area contributed by atoms with Crippen LogP contribution in [-0.2, 0) is 26.2 Å². The molecule has 0 radical (unpaired) electrons. The number of aryl methyl sites for hydroxylation is 3. The van der Waals surface area contributed by atoms with Crippen LogP contribution in [0.1, 0.15) is 56.4 Å². The molecular weight excluding hydrogens is 522 g/mol. The molecule has 0 aromatic heterocycles. The molecule has 0 unspecified atom stereocenters. The number of hydrogen-bond donors (Lipinski definition) is 1. The second-order valence-corrected chi connectivity index (χ2v) is 13.1. The number of benzene rings is 3. The van der Waals surface area contributed by atoms with E-state index in [0.717, 1.165) is 22.3 Å². The molecule has 8 heteroatoms. The van der Waals surface area contributed by atoms with Crippen molar-refractivity contribution in [2.24, 2.45) is 0 Å². The highest BCUT2D eigenvalue weighted by Gasteiger charge is 2.35. The topological polar surface area (TPSA) is 86.8 Å². The molecule has 1 N–H and O–H groups in total. The van der Waals surface area contributed by atoms with Crippen LogP contribution < -0.4 is 9.62 Å². The van der Waals surface area contributed by atoms with E-state index in [1.165, 1.54) is 21.3 Å². The lowest BCUT2D eigenvalue weighted by molar-refractivity contribution is -0.141. The van der Waals surface area contributed by atoms with Crippen LogP contribution in [0.3, 0.4) is 0 Å². The molecule has 1 atom stereocenters. The predicted molar refractivity (Wildman–Crippen MR) is 161 cm³/mol. The van der Waals surface area contributed by atoms with Crippen LogP contribution in [0.2, 0.25) is 0 Å². The van der Waals surface area contributed by atoms with Crippen molar-refractivity contribution in [3.63, 3.8) is 0 Å². The zero-order valence-corrected chi connectivity index (χ0v) is 25.4. The third-order valence-electron chi connectivity index (χ3n) is 6.72. The molecule has 3 aromatic rings. The number of anilines is 1. The lowest BCUT2D eigenvalue weighted by Gasteiger charge is -2.35. The van der Waals surface area contributed by atoms with E-state index in [1.807, 2.05) is 84.9 Å². The second kappa shape index (κ2) is 12.7. The first-order valence-electron chi connectivity index (χ1n) is 13.6. The third kappa shape index (κ3) is 7.50. The molecule has 2 amide bonds. The molecule has 3 aromatic carbocycles. The van der Waals surface area contributed by atoms with Gasteiger partial charge >= 0.3 is 0 Å². The fourth-order valence-corrected chi connectivity index (χ4v) is 6.16. The Kier molecular flexibility index (Phi) is 9.79. The molecule has 0 heterocycles. The first-order valence-corrected chi connectivity index (χ1v) is 15.0. The average molecular weight is 564 g/mol. The van der Waals surface area contributed by atoms with Crippen molar-refractivity contribution in [2.75, 3.05) is 10.8 Å². The molecule has 0 fully saturated rings. The summed E-state index contributed by atoms with van der Waals surface area (Å²) >= 11 is 0. The fraction of sp³-hybridized carbons (Fsp3) is 0.375. The van der Waals surface area contributed by atoms with E-state index in [-0.39, 0.29) is 17.3 Å². The zero-order valence-electron chi connectivity index (χ0n) is 24.6. The Morgan fingerprint density at radius 1 is 0.875 bits per heavy atom. The SMILES string of the molecule is CC[C@@H](C(=O)NC(C)(C)C)N(Cc1ccccc1C)C(=O)CN(c1ccc(C)cc1C)S(=O)(=O)c1ccccc1. The van der Waals surface area contributed by atoms with Gasteiger partial charge in [-0.1, -0.05) is 67.1 Å². The Bertz CT molecular complexity index is 1450. The smallest absolute Gasteiger partial charge is 0.264 e. The lowest BCUT2D eigenvalue weighted by atomic mass is 10.0. The van der Waals surface area contributed by atoms with Crippen LogP contribution in [0.25, 0.3) is 0 Å². The predicted octanol–water partition coefficient (Wildman–Crippen LogP) is 5.53. The number of nitrogens with zero attached hydrogens (tertiary/aromatic N) is 2. The van der Waals surface area contributed by atoms with Gasteiger partial charge in [0, 0.05) is 12.1 Å². The number of carbonyl (C=O) groups is 2. The molecule has 0 saturated carbocycles. The van der Waals surface area contributed by atoms with Crippen molar-refractivity contribution >= 4 is 27.5 Å². The normalized spacial score (nSPS) is 12.5. The highest BCUT2D eigenvalue weighted by atomic mass is 32.2. The van der Waals surface area contributed by atoms with Gasteiger partial charge in [-0.15, -0.1) is 0 Å². The maximum absolute atomic E-state index is 14.2. The van der Waals surface area contributed by atoms with Crippen LogP contribution >= 0.6 is 0 Å². The van der Waals surface area contributed by atoms with Crippen molar-refractivity contribution in [1.29, 1.82) is 0 Å². The van der Waals surface area contributed by atoms with E-state index >= 15 is 0 Å². The summed E-state index contributed by atoms with van der Waals surface area (Å²) in [6.07, 6.45) is 0.370. The van der Waals surface area contributed by atoms with Crippen LogP contribution in [0.4, 0.5) is 5.69 Å². The summed E-state index contributed by atoms with van der Waals surface area (Å²) in [6, 6.07) is 20.5. The standard InChI is InChI=1S/C32H41N3O4S/c1-8-28(31(37)33-32(5,6)7)34(21-26-15-13-12-14-24(26)3)30(36)22-35(29-19-18-23(2)20-25(29)4)40(38,39)27-16-10-9-11-17-27/h9-20,28H,8,21-22H2,1-7H3,(H,33,37)/t28-/m0/s1. The van der Waals surface area contributed by atoms with Gasteiger partial charge in [0.1, 0.15) is 12.6 Å². The van der Waals surface area contributed by atoms with Crippen molar-refractivity contribution in [3.05, 3.63) is 95.1 Å². The van der Waals surface area contributed by atoms with Crippen LogP contribution in [-0.4, -0.2) is 43.3 Å². The van der Waals surface area contributed by atoms with Gasteiger partial charge in [-0.2, -0.15) is 0 Å². The summed E-state index contributed by atoms with van der Waals surface area (Å²) in [4.78, 5) is 29.3. The quantitative estimate of drug-likeness (QED) is 0.352. The molecule has 7 nitrogen and oxygen atoms in total. The average Bonchev–Trinajstić information content (AvgIpc) is 2.88. The summed E-state index contributed by atoms with van der Waals surface area (Å²) in [5.74, 6) is -0.737. The Hall–Kier alpha value is -3.65. The first kappa shape index (κ1) is 30.9. The number of amides is 2. The monoisotopic (exact) mass is 563 g/mol. The van der Waals surface area contributed by atoms with E-state index in [2.05, 4.69) is 5.32 Å². The fourth-order valence-electron chi connectivity index (χ4n) is 4.66.